The van der Waals surface area contributed by atoms with Gasteiger partial charge >= 0.3 is 5.97 Å². The maximum atomic E-state index is 13.7. The molecule has 6 nitrogen and oxygen atoms in total. The number of anilines is 1. The van der Waals surface area contributed by atoms with Crippen LogP contribution in [0.15, 0.2) is 77.3 Å². The van der Waals surface area contributed by atoms with Gasteiger partial charge < -0.3 is 14.8 Å². The summed E-state index contributed by atoms with van der Waals surface area (Å²) < 4.78 is 11.1. The van der Waals surface area contributed by atoms with Crippen LogP contribution in [0.1, 0.15) is 35.2 Å². The highest BCUT2D eigenvalue weighted by atomic mass is 79.9. The molecule has 3 atom stereocenters. The van der Waals surface area contributed by atoms with Crippen LogP contribution in [0.25, 0.3) is 0 Å². The van der Waals surface area contributed by atoms with E-state index in [1.807, 2.05) is 31.2 Å². The summed E-state index contributed by atoms with van der Waals surface area (Å²) in [5.41, 5.74) is 1.61. The molecule has 3 unspecified atom stereocenters. The number of amides is 1. The number of ether oxygens (including phenoxy) is 2. The molecule has 0 saturated heterocycles. The first kappa shape index (κ1) is 27.4. The predicted octanol–water partition coefficient (Wildman–Crippen LogP) is 6.53. The van der Waals surface area contributed by atoms with Crippen molar-refractivity contribution in [2.75, 3.05) is 19.5 Å². The van der Waals surface area contributed by atoms with Crippen LogP contribution in [0, 0.1) is 11.8 Å². The number of hydrogen-bond donors (Lipinski definition) is 1. The van der Waals surface area contributed by atoms with Crippen molar-refractivity contribution in [1.82, 2.24) is 0 Å². The highest BCUT2D eigenvalue weighted by Gasteiger charge is 2.43. The fourth-order valence-corrected chi connectivity index (χ4v) is 4.60. The lowest BCUT2D eigenvalue weighted by Gasteiger charge is -2.31. The minimum Gasteiger partial charge on any atom is -0.497 e. The zero-order valence-electron chi connectivity index (χ0n) is 20.2. The van der Waals surface area contributed by atoms with Gasteiger partial charge in [0.15, 0.2) is 5.78 Å². The van der Waals surface area contributed by atoms with Crippen molar-refractivity contribution >= 4 is 50.9 Å². The highest BCUT2D eigenvalue weighted by Crippen LogP contribution is 2.38. The molecule has 3 rings (SSSR count). The Hall–Kier alpha value is -3.16. The molecule has 1 amide bonds. The Morgan fingerprint density at radius 1 is 0.917 bits per heavy atom. The van der Waals surface area contributed by atoms with Crippen molar-refractivity contribution in [3.8, 4) is 5.75 Å². The third-order valence-corrected chi connectivity index (χ3v) is 6.83. The number of methoxy groups -OCH3 is 2. The summed E-state index contributed by atoms with van der Waals surface area (Å²) in [7, 11) is 2.78. The van der Waals surface area contributed by atoms with E-state index in [9.17, 15) is 14.4 Å². The molecule has 0 aliphatic carbocycles. The van der Waals surface area contributed by atoms with Crippen LogP contribution in [0.4, 0.5) is 5.69 Å². The van der Waals surface area contributed by atoms with Gasteiger partial charge in [0, 0.05) is 32.6 Å². The summed E-state index contributed by atoms with van der Waals surface area (Å²) in [5, 5.41) is 3.31. The molecule has 0 aliphatic rings. The molecule has 0 radical (unpaired) electrons. The fourth-order valence-electron chi connectivity index (χ4n) is 4.21. The maximum absolute atomic E-state index is 13.7. The lowest BCUT2D eigenvalue weighted by atomic mass is 9.72. The number of Topliss-reactive ketones (excluding diaryl/α,β-unsaturated/α-hetero) is 1. The first-order valence-electron chi connectivity index (χ1n) is 11.4. The molecule has 3 aromatic carbocycles. The second-order valence-electron chi connectivity index (χ2n) is 8.18. The number of halogens is 2. The molecule has 0 bridgehead atoms. The molecule has 188 valence electrons. The van der Waals surface area contributed by atoms with Gasteiger partial charge in [-0.1, -0.05) is 46.6 Å². The first-order chi connectivity index (χ1) is 17.3. The quantitative estimate of drug-likeness (QED) is 0.170. The number of hydrogen-bond acceptors (Lipinski definition) is 5. The van der Waals surface area contributed by atoms with Crippen molar-refractivity contribution in [2.45, 2.75) is 19.3 Å². The minimum atomic E-state index is -1.28. The number of carbonyl (C=O) groups excluding carboxylic acids is 3. The SMILES string of the molecule is CCC(C(=O)c1ccc(Cl)cc1)C(c1ccc(Br)cc1)C(C(=O)Nc1ccc(OC)cc1)C(=O)OC. The standard InChI is InChI=1S/C28H27BrClNO5/c1-4-23(26(32)18-7-11-20(30)12-8-18)24(17-5-9-19(29)10-6-17)25(28(34)36-3)27(33)31-21-13-15-22(35-2)16-14-21/h5-16,23-25H,4H2,1-3H3,(H,31,33). The van der Waals surface area contributed by atoms with Gasteiger partial charge in [-0.3, -0.25) is 14.4 Å². The van der Waals surface area contributed by atoms with E-state index in [4.69, 9.17) is 21.1 Å². The molecule has 3 aromatic rings. The predicted molar refractivity (Wildman–Crippen MR) is 144 cm³/mol. The van der Waals surface area contributed by atoms with Crippen LogP contribution in [0.5, 0.6) is 5.75 Å². The van der Waals surface area contributed by atoms with E-state index < -0.39 is 29.6 Å². The number of benzene rings is 3. The maximum Gasteiger partial charge on any atom is 0.318 e. The van der Waals surface area contributed by atoms with Gasteiger partial charge in [-0.2, -0.15) is 0 Å². The Kier molecular flexibility index (Phi) is 9.67. The zero-order valence-corrected chi connectivity index (χ0v) is 22.5. The summed E-state index contributed by atoms with van der Waals surface area (Å²) in [5.74, 6) is -3.59. The molecule has 8 heteroatoms. The lowest BCUT2D eigenvalue weighted by Crippen LogP contribution is -2.40. The Morgan fingerprint density at radius 2 is 1.53 bits per heavy atom. The first-order valence-corrected chi connectivity index (χ1v) is 12.5. The minimum absolute atomic E-state index is 0.187. The average Bonchev–Trinajstić information content (AvgIpc) is 2.89. The van der Waals surface area contributed by atoms with Gasteiger partial charge in [-0.15, -0.1) is 0 Å². The normalized spacial score (nSPS) is 13.2. The number of carbonyl (C=O) groups is 3. The third-order valence-electron chi connectivity index (χ3n) is 6.05. The molecular formula is C28H27BrClNO5. The number of esters is 1. The topological polar surface area (TPSA) is 81.7 Å². The summed E-state index contributed by atoms with van der Waals surface area (Å²) in [4.78, 5) is 40.4. The largest absolute Gasteiger partial charge is 0.497 e. The summed E-state index contributed by atoms with van der Waals surface area (Å²) >= 11 is 9.44. The van der Waals surface area contributed by atoms with E-state index in [2.05, 4.69) is 21.2 Å². The van der Waals surface area contributed by atoms with Crippen molar-refractivity contribution in [3.63, 3.8) is 0 Å². The van der Waals surface area contributed by atoms with E-state index >= 15 is 0 Å². The van der Waals surface area contributed by atoms with Crippen LogP contribution in [0.3, 0.4) is 0 Å². The molecule has 1 N–H and O–H groups in total. The Bertz CT molecular complexity index is 1200. The van der Waals surface area contributed by atoms with Crippen molar-refractivity contribution in [1.29, 1.82) is 0 Å². The van der Waals surface area contributed by atoms with Crippen molar-refractivity contribution < 1.29 is 23.9 Å². The summed E-state index contributed by atoms with van der Waals surface area (Å²) in [6.07, 6.45) is 0.394. The van der Waals surface area contributed by atoms with Crippen LogP contribution < -0.4 is 10.1 Å². The monoisotopic (exact) mass is 571 g/mol. The van der Waals surface area contributed by atoms with Gasteiger partial charge in [0.05, 0.1) is 14.2 Å². The smallest absolute Gasteiger partial charge is 0.318 e. The van der Waals surface area contributed by atoms with E-state index in [-0.39, 0.29) is 5.78 Å². The van der Waals surface area contributed by atoms with Gasteiger partial charge in [-0.05, 0) is 72.6 Å². The Balaban J connectivity index is 2.07. The molecule has 0 spiro atoms. The second kappa shape index (κ2) is 12.7. The average molecular weight is 573 g/mol. The lowest BCUT2D eigenvalue weighted by molar-refractivity contribution is -0.150. The Labute approximate surface area is 224 Å². The van der Waals surface area contributed by atoms with E-state index in [1.54, 1.807) is 55.6 Å². The van der Waals surface area contributed by atoms with E-state index in [0.29, 0.717) is 34.0 Å². The molecular weight excluding hydrogens is 546 g/mol. The molecule has 36 heavy (non-hydrogen) atoms. The van der Waals surface area contributed by atoms with E-state index in [0.717, 1.165) is 4.47 Å². The second-order valence-corrected chi connectivity index (χ2v) is 9.53. The third kappa shape index (κ3) is 6.53. The molecule has 0 heterocycles. The Morgan fingerprint density at radius 3 is 2.06 bits per heavy atom. The van der Waals surface area contributed by atoms with Crippen LogP contribution in [-0.2, 0) is 14.3 Å². The summed E-state index contributed by atoms with van der Waals surface area (Å²) in [6.45, 7) is 1.86. The van der Waals surface area contributed by atoms with Crippen LogP contribution in [0.2, 0.25) is 5.02 Å². The highest BCUT2D eigenvalue weighted by molar-refractivity contribution is 9.10. The van der Waals surface area contributed by atoms with Gasteiger partial charge in [0.1, 0.15) is 11.7 Å². The van der Waals surface area contributed by atoms with Gasteiger partial charge in [0.2, 0.25) is 5.91 Å². The van der Waals surface area contributed by atoms with Crippen molar-refractivity contribution in [3.05, 3.63) is 93.4 Å². The number of nitrogens with one attached hydrogen (secondary N) is 1. The van der Waals surface area contributed by atoms with Gasteiger partial charge in [-0.25, -0.2) is 0 Å². The molecule has 0 aromatic heterocycles. The van der Waals surface area contributed by atoms with E-state index in [1.165, 1.54) is 7.11 Å². The number of ketones is 1. The summed E-state index contributed by atoms with van der Waals surface area (Å²) in [6, 6.07) is 20.6. The zero-order chi connectivity index (χ0) is 26.2. The molecule has 0 saturated carbocycles. The number of rotatable bonds is 10. The molecule has 0 aliphatic heterocycles. The fraction of sp³-hybridized carbons (Fsp3) is 0.250. The molecule has 0 fully saturated rings. The van der Waals surface area contributed by atoms with Gasteiger partial charge in [0.25, 0.3) is 0 Å². The van der Waals surface area contributed by atoms with Crippen molar-refractivity contribution in [2.24, 2.45) is 11.8 Å². The van der Waals surface area contributed by atoms with Crippen LogP contribution in [-0.4, -0.2) is 31.9 Å². The van der Waals surface area contributed by atoms with Crippen LogP contribution >= 0.6 is 27.5 Å².